The molecule has 0 spiro atoms. The Balaban J connectivity index is 3.11. The third-order valence-electron chi connectivity index (χ3n) is 1.94. The Morgan fingerprint density at radius 1 is 1.60 bits per heavy atom. The van der Waals surface area contributed by atoms with Gasteiger partial charge in [0, 0.05) is 18.1 Å². The molecule has 0 atom stereocenters. The molecule has 0 bridgehead atoms. The van der Waals surface area contributed by atoms with Crippen molar-refractivity contribution in [3.8, 4) is 11.5 Å². The highest BCUT2D eigenvalue weighted by Gasteiger charge is 2.16. The summed E-state index contributed by atoms with van der Waals surface area (Å²) in [5, 5.41) is 9.59. The Labute approximate surface area is 94.9 Å². The zero-order valence-electron chi connectivity index (χ0n) is 8.09. The van der Waals surface area contributed by atoms with Crippen LogP contribution >= 0.6 is 15.9 Å². The zero-order valence-corrected chi connectivity index (χ0v) is 9.67. The van der Waals surface area contributed by atoms with E-state index in [0.717, 1.165) is 6.07 Å². The van der Waals surface area contributed by atoms with Crippen molar-refractivity contribution in [2.75, 3.05) is 13.7 Å². The van der Waals surface area contributed by atoms with Crippen LogP contribution in [0.1, 0.15) is 5.56 Å². The number of hydrogen-bond donors (Lipinski definition) is 2. The lowest BCUT2D eigenvalue weighted by Gasteiger charge is -2.10. The van der Waals surface area contributed by atoms with E-state index in [0.29, 0.717) is 5.56 Å². The first-order valence-electron chi connectivity index (χ1n) is 4.17. The molecule has 1 aromatic carbocycles. The van der Waals surface area contributed by atoms with Gasteiger partial charge in [-0.15, -0.1) is 0 Å². The Morgan fingerprint density at radius 2 is 2.27 bits per heavy atom. The van der Waals surface area contributed by atoms with Gasteiger partial charge in [0.25, 0.3) is 0 Å². The lowest BCUT2D eigenvalue weighted by molar-refractivity contribution is 0.140. The zero-order chi connectivity index (χ0) is 11.4. The summed E-state index contributed by atoms with van der Waals surface area (Å²) < 4.78 is 18.5. The van der Waals surface area contributed by atoms with E-state index < -0.39 is 5.82 Å². The molecule has 0 unspecified atom stereocenters. The standard InChI is InChI=1S/C9H11BrFNO3/c1-14-7-4-6(11)5(2-3-15-12)8(10)9(7)13/h4,13H,2-3,12H2,1H3. The number of aromatic hydroxyl groups is 1. The predicted octanol–water partition coefficient (Wildman–Crippen LogP) is 1.74. The van der Waals surface area contributed by atoms with Crippen molar-refractivity contribution in [2.24, 2.45) is 5.90 Å². The first kappa shape index (κ1) is 12.2. The molecular formula is C9H11BrFNO3. The maximum Gasteiger partial charge on any atom is 0.172 e. The van der Waals surface area contributed by atoms with Crippen LogP contribution in [0.15, 0.2) is 10.5 Å². The van der Waals surface area contributed by atoms with Crippen molar-refractivity contribution in [1.82, 2.24) is 0 Å². The summed E-state index contributed by atoms with van der Waals surface area (Å²) in [6.45, 7) is 0.168. The molecule has 84 valence electrons. The van der Waals surface area contributed by atoms with E-state index in [9.17, 15) is 9.50 Å². The molecule has 0 aliphatic carbocycles. The lowest BCUT2D eigenvalue weighted by atomic mass is 10.1. The van der Waals surface area contributed by atoms with Crippen LogP contribution in [0.4, 0.5) is 4.39 Å². The van der Waals surface area contributed by atoms with Gasteiger partial charge < -0.3 is 14.7 Å². The SMILES string of the molecule is COc1cc(F)c(CCON)c(Br)c1O. The normalized spacial score (nSPS) is 10.4. The highest BCUT2D eigenvalue weighted by molar-refractivity contribution is 9.10. The van der Waals surface area contributed by atoms with Crippen molar-refractivity contribution in [3.63, 3.8) is 0 Å². The van der Waals surface area contributed by atoms with Gasteiger partial charge in [-0.3, -0.25) is 0 Å². The minimum Gasteiger partial charge on any atom is -0.503 e. The molecule has 0 radical (unpaired) electrons. The Bertz CT molecular complexity index is 360. The molecule has 0 saturated carbocycles. The summed E-state index contributed by atoms with van der Waals surface area (Å²) in [6, 6.07) is 1.12. The fraction of sp³-hybridized carbons (Fsp3) is 0.333. The number of benzene rings is 1. The van der Waals surface area contributed by atoms with Crippen LogP contribution in [-0.2, 0) is 11.3 Å². The highest BCUT2D eigenvalue weighted by atomic mass is 79.9. The minimum atomic E-state index is -0.478. The topological polar surface area (TPSA) is 64.7 Å². The number of ether oxygens (including phenoxy) is 1. The molecule has 1 aromatic rings. The molecule has 0 heterocycles. The highest BCUT2D eigenvalue weighted by Crippen LogP contribution is 2.38. The molecule has 0 aliphatic rings. The summed E-state index contributed by atoms with van der Waals surface area (Å²) in [7, 11) is 1.35. The van der Waals surface area contributed by atoms with Crippen LogP contribution < -0.4 is 10.6 Å². The van der Waals surface area contributed by atoms with Crippen LogP contribution in [0, 0.1) is 5.82 Å². The van der Waals surface area contributed by atoms with E-state index in [1.165, 1.54) is 7.11 Å². The number of phenols is 1. The number of nitrogens with two attached hydrogens (primary N) is 1. The lowest BCUT2D eigenvalue weighted by Crippen LogP contribution is -2.06. The van der Waals surface area contributed by atoms with Crippen molar-refractivity contribution in [1.29, 1.82) is 0 Å². The van der Waals surface area contributed by atoms with Gasteiger partial charge in [0.2, 0.25) is 0 Å². The fourth-order valence-corrected chi connectivity index (χ4v) is 1.76. The number of phenolic OH excluding ortho intramolecular Hbond substituents is 1. The van der Waals surface area contributed by atoms with Crippen LogP contribution in [0.2, 0.25) is 0 Å². The molecule has 0 fully saturated rings. The van der Waals surface area contributed by atoms with Gasteiger partial charge in [-0.2, -0.15) is 0 Å². The second kappa shape index (κ2) is 5.29. The molecule has 3 N–H and O–H groups in total. The summed E-state index contributed by atoms with van der Waals surface area (Å²) in [6.07, 6.45) is 0.264. The first-order chi connectivity index (χ1) is 7.11. The smallest absolute Gasteiger partial charge is 0.172 e. The van der Waals surface area contributed by atoms with E-state index in [4.69, 9.17) is 10.6 Å². The molecule has 0 saturated heterocycles. The van der Waals surface area contributed by atoms with Gasteiger partial charge in [0.1, 0.15) is 5.82 Å². The Morgan fingerprint density at radius 3 is 2.80 bits per heavy atom. The van der Waals surface area contributed by atoms with Gasteiger partial charge in [-0.05, 0) is 15.9 Å². The predicted molar refractivity (Wildman–Crippen MR) is 56.2 cm³/mol. The van der Waals surface area contributed by atoms with E-state index in [-0.39, 0.29) is 29.0 Å². The maximum atomic E-state index is 13.5. The number of hydrogen-bond acceptors (Lipinski definition) is 4. The molecule has 0 aromatic heterocycles. The Kier molecular flexibility index (Phi) is 4.31. The van der Waals surface area contributed by atoms with Gasteiger partial charge >= 0.3 is 0 Å². The summed E-state index contributed by atoms with van der Waals surface area (Å²) in [5.41, 5.74) is 0.304. The number of rotatable bonds is 4. The molecule has 15 heavy (non-hydrogen) atoms. The maximum absolute atomic E-state index is 13.5. The molecule has 1 rings (SSSR count). The monoisotopic (exact) mass is 279 g/mol. The summed E-state index contributed by atoms with van der Waals surface area (Å²) in [5.74, 6) is 4.31. The quantitative estimate of drug-likeness (QED) is 0.824. The molecule has 0 amide bonds. The van der Waals surface area contributed by atoms with Gasteiger partial charge in [-0.1, -0.05) is 0 Å². The third-order valence-corrected chi connectivity index (χ3v) is 2.80. The molecule has 6 heteroatoms. The number of halogens is 2. The van der Waals surface area contributed by atoms with Gasteiger partial charge in [0.15, 0.2) is 11.5 Å². The third kappa shape index (κ3) is 2.58. The second-order valence-corrected chi connectivity index (χ2v) is 3.62. The van der Waals surface area contributed by atoms with Crippen molar-refractivity contribution in [2.45, 2.75) is 6.42 Å². The molecular weight excluding hydrogens is 269 g/mol. The van der Waals surface area contributed by atoms with Crippen LogP contribution in [0.5, 0.6) is 11.5 Å². The number of methoxy groups -OCH3 is 1. The van der Waals surface area contributed by atoms with Crippen molar-refractivity contribution >= 4 is 15.9 Å². The van der Waals surface area contributed by atoms with Crippen LogP contribution in [-0.4, -0.2) is 18.8 Å². The summed E-state index contributed by atoms with van der Waals surface area (Å²) >= 11 is 3.09. The van der Waals surface area contributed by atoms with E-state index in [2.05, 4.69) is 20.8 Å². The fourth-order valence-electron chi connectivity index (χ4n) is 1.17. The van der Waals surface area contributed by atoms with Crippen molar-refractivity contribution in [3.05, 3.63) is 21.9 Å². The average molecular weight is 280 g/mol. The van der Waals surface area contributed by atoms with E-state index >= 15 is 0 Å². The minimum absolute atomic E-state index is 0.0804. The second-order valence-electron chi connectivity index (χ2n) is 2.82. The van der Waals surface area contributed by atoms with Crippen LogP contribution in [0.3, 0.4) is 0 Å². The largest absolute Gasteiger partial charge is 0.503 e. The first-order valence-corrected chi connectivity index (χ1v) is 4.96. The Hall–Kier alpha value is -0.850. The van der Waals surface area contributed by atoms with Gasteiger partial charge in [0.05, 0.1) is 18.2 Å². The van der Waals surface area contributed by atoms with E-state index in [1.807, 2.05) is 0 Å². The van der Waals surface area contributed by atoms with Crippen molar-refractivity contribution < 1.29 is 19.1 Å². The van der Waals surface area contributed by atoms with Crippen LogP contribution in [0.25, 0.3) is 0 Å². The molecule has 4 nitrogen and oxygen atoms in total. The summed E-state index contributed by atoms with van der Waals surface area (Å²) in [4.78, 5) is 4.35. The van der Waals surface area contributed by atoms with Gasteiger partial charge in [-0.25, -0.2) is 10.3 Å². The average Bonchev–Trinajstić information content (AvgIpc) is 2.23. The molecule has 0 aliphatic heterocycles. The van der Waals surface area contributed by atoms with E-state index in [1.54, 1.807) is 0 Å².